The number of rotatable bonds is 6. The Hall–Kier alpha value is -2.25. The van der Waals surface area contributed by atoms with Gasteiger partial charge in [-0.05, 0) is 44.2 Å². The summed E-state index contributed by atoms with van der Waals surface area (Å²) in [4.78, 5) is 25.9. The fraction of sp³-hybridized carbons (Fsp3) is 0.565. The Morgan fingerprint density at radius 2 is 1.90 bits per heavy atom. The van der Waals surface area contributed by atoms with E-state index in [4.69, 9.17) is 16.6 Å². The van der Waals surface area contributed by atoms with E-state index < -0.39 is 0 Å². The van der Waals surface area contributed by atoms with E-state index in [0.29, 0.717) is 34.6 Å². The highest BCUT2D eigenvalue weighted by atomic mass is 35.5. The molecule has 3 N–H and O–H groups in total. The molecule has 31 heavy (non-hydrogen) atoms. The molecule has 1 amide bonds. The first-order valence-corrected chi connectivity index (χ1v) is 11.8. The summed E-state index contributed by atoms with van der Waals surface area (Å²) < 4.78 is 0. The average molecular weight is 443 g/mol. The number of nitrogens with zero attached hydrogens (tertiary/aromatic N) is 3. The molecule has 0 aromatic carbocycles. The van der Waals surface area contributed by atoms with Crippen LogP contribution in [0.1, 0.15) is 51.4 Å². The molecule has 1 aliphatic heterocycles. The Labute approximate surface area is 188 Å². The number of pyridine rings is 1. The fourth-order valence-electron chi connectivity index (χ4n) is 4.41. The zero-order valence-corrected chi connectivity index (χ0v) is 18.6. The van der Waals surface area contributed by atoms with Gasteiger partial charge in [0.2, 0.25) is 5.91 Å². The lowest BCUT2D eigenvalue weighted by Gasteiger charge is -2.21. The molecule has 4 rings (SSSR count). The summed E-state index contributed by atoms with van der Waals surface area (Å²) in [6, 6.07) is 1.77. The summed E-state index contributed by atoms with van der Waals surface area (Å²) in [6.07, 6.45) is 14.8. The van der Waals surface area contributed by atoms with Crippen molar-refractivity contribution in [3.63, 3.8) is 0 Å². The third-order valence-electron chi connectivity index (χ3n) is 6.23. The Bertz CT molecular complexity index is 878. The maximum Gasteiger partial charge on any atom is 0.229 e. The number of nitrogens with one attached hydrogen (secondary N) is 3. The second kappa shape index (κ2) is 10.9. The molecular weight excluding hydrogens is 412 g/mol. The van der Waals surface area contributed by atoms with E-state index in [2.05, 4.69) is 25.9 Å². The van der Waals surface area contributed by atoms with Crippen molar-refractivity contribution >= 4 is 29.1 Å². The molecule has 1 saturated heterocycles. The molecule has 1 saturated carbocycles. The van der Waals surface area contributed by atoms with Gasteiger partial charge in [-0.1, -0.05) is 37.3 Å². The molecule has 3 heterocycles. The van der Waals surface area contributed by atoms with Crippen LogP contribution in [-0.2, 0) is 4.79 Å². The van der Waals surface area contributed by atoms with Crippen LogP contribution in [-0.4, -0.2) is 40.5 Å². The van der Waals surface area contributed by atoms with Gasteiger partial charge in [0.1, 0.15) is 11.6 Å². The molecule has 8 heteroatoms. The van der Waals surface area contributed by atoms with E-state index in [1.807, 2.05) is 0 Å². The lowest BCUT2D eigenvalue weighted by atomic mass is 9.99. The van der Waals surface area contributed by atoms with Crippen LogP contribution in [0.3, 0.4) is 0 Å². The van der Waals surface area contributed by atoms with Crippen molar-refractivity contribution in [1.82, 2.24) is 20.3 Å². The van der Waals surface area contributed by atoms with Crippen LogP contribution in [0, 0.1) is 11.8 Å². The quantitative estimate of drug-likeness (QED) is 0.570. The minimum Gasteiger partial charge on any atom is -0.368 e. The van der Waals surface area contributed by atoms with Crippen LogP contribution in [0.15, 0.2) is 24.7 Å². The van der Waals surface area contributed by atoms with Crippen molar-refractivity contribution in [3.05, 3.63) is 29.7 Å². The second-order valence-electron chi connectivity index (χ2n) is 8.61. The molecule has 2 aromatic rings. The van der Waals surface area contributed by atoms with Gasteiger partial charge in [0.15, 0.2) is 0 Å². The number of hydrogen-bond donors (Lipinski definition) is 3. The molecule has 2 aliphatic rings. The van der Waals surface area contributed by atoms with E-state index in [1.165, 1.54) is 38.5 Å². The fourth-order valence-corrected chi connectivity index (χ4v) is 4.61. The van der Waals surface area contributed by atoms with Crippen molar-refractivity contribution in [3.8, 4) is 11.3 Å². The SMILES string of the molecule is O=C(Nc1cc(-c2cncc(NCC3CCCCCC3)n2)c(Cl)cn1)[C@@H]1CCCNC1. The van der Waals surface area contributed by atoms with E-state index in [-0.39, 0.29) is 11.8 Å². The zero-order chi connectivity index (χ0) is 21.5. The minimum atomic E-state index is -0.0361. The lowest BCUT2D eigenvalue weighted by molar-refractivity contribution is -0.120. The molecule has 1 aliphatic carbocycles. The summed E-state index contributed by atoms with van der Waals surface area (Å²) in [6.45, 7) is 2.59. The number of amides is 1. The number of aromatic nitrogens is 3. The monoisotopic (exact) mass is 442 g/mol. The summed E-state index contributed by atoms with van der Waals surface area (Å²) in [5.41, 5.74) is 1.37. The Kier molecular flexibility index (Phi) is 7.70. The molecule has 0 radical (unpaired) electrons. The molecule has 2 aromatic heterocycles. The van der Waals surface area contributed by atoms with Gasteiger partial charge in [-0.3, -0.25) is 9.78 Å². The lowest BCUT2D eigenvalue weighted by Crippen LogP contribution is -2.37. The first-order valence-electron chi connectivity index (χ1n) is 11.4. The van der Waals surface area contributed by atoms with Crippen LogP contribution in [0.25, 0.3) is 11.3 Å². The smallest absolute Gasteiger partial charge is 0.229 e. The minimum absolute atomic E-state index is 0.0159. The molecule has 7 nitrogen and oxygen atoms in total. The van der Waals surface area contributed by atoms with Gasteiger partial charge in [-0.2, -0.15) is 0 Å². The Morgan fingerprint density at radius 1 is 1.06 bits per heavy atom. The predicted molar refractivity (Wildman–Crippen MR) is 124 cm³/mol. The van der Waals surface area contributed by atoms with Crippen LogP contribution in [0.2, 0.25) is 5.02 Å². The molecule has 0 bridgehead atoms. The summed E-state index contributed by atoms with van der Waals surface area (Å²) in [7, 11) is 0. The van der Waals surface area contributed by atoms with Crippen molar-refractivity contribution in [1.29, 1.82) is 0 Å². The highest BCUT2D eigenvalue weighted by molar-refractivity contribution is 6.33. The van der Waals surface area contributed by atoms with Crippen molar-refractivity contribution in [2.45, 2.75) is 51.4 Å². The topological polar surface area (TPSA) is 91.8 Å². The molecular formula is C23H31ClN6O. The summed E-state index contributed by atoms with van der Waals surface area (Å²) in [5, 5.41) is 10.1. The van der Waals surface area contributed by atoms with Crippen LogP contribution in [0.4, 0.5) is 11.6 Å². The molecule has 1 atom stereocenters. The average Bonchev–Trinajstić information content (AvgIpc) is 3.09. The third-order valence-corrected chi connectivity index (χ3v) is 6.53. The highest BCUT2D eigenvalue weighted by Crippen LogP contribution is 2.29. The molecule has 0 unspecified atom stereocenters. The molecule has 2 fully saturated rings. The first kappa shape index (κ1) is 22.0. The van der Waals surface area contributed by atoms with Gasteiger partial charge >= 0.3 is 0 Å². The van der Waals surface area contributed by atoms with Gasteiger partial charge < -0.3 is 16.0 Å². The zero-order valence-electron chi connectivity index (χ0n) is 17.9. The largest absolute Gasteiger partial charge is 0.368 e. The third kappa shape index (κ3) is 6.14. The van der Waals surface area contributed by atoms with Gasteiger partial charge in [-0.25, -0.2) is 9.97 Å². The van der Waals surface area contributed by atoms with Gasteiger partial charge in [0, 0.05) is 24.8 Å². The normalized spacial score (nSPS) is 20.1. The van der Waals surface area contributed by atoms with Crippen LogP contribution >= 0.6 is 11.6 Å². The number of carbonyl (C=O) groups is 1. The number of anilines is 2. The van der Waals surface area contributed by atoms with E-state index in [0.717, 1.165) is 31.7 Å². The number of piperidine rings is 1. The van der Waals surface area contributed by atoms with Gasteiger partial charge in [0.25, 0.3) is 0 Å². The van der Waals surface area contributed by atoms with Crippen molar-refractivity contribution in [2.24, 2.45) is 11.8 Å². The predicted octanol–water partition coefficient (Wildman–Crippen LogP) is 4.51. The second-order valence-corrected chi connectivity index (χ2v) is 9.02. The van der Waals surface area contributed by atoms with E-state index in [9.17, 15) is 4.79 Å². The number of carbonyl (C=O) groups excluding carboxylic acids is 1. The highest BCUT2D eigenvalue weighted by Gasteiger charge is 2.21. The van der Waals surface area contributed by atoms with Crippen LogP contribution < -0.4 is 16.0 Å². The van der Waals surface area contributed by atoms with Crippen molar-refractivity contribution < 1.29 is 4.79 Å². The number of hydrogen-bond acceptors (Lipinski definition) is 6. The van der Waals surface area contributed by atoms with Crippen molar-refractivity contribution in [2.75, 3.05) is 30.3 Å². The van der Waals surface area contributed by atoms with Gasteiger partial charge in [-0.15, -0.1) is 0 Å². The van der Waals surface area contributed by atoms with E-state index >= 15 is 0 Å². The maximum atomic E-state index is 12.6. The summed E-state index contributed by atoms with van der Waals surface area (Å²) in [5.74, 6) is 1.86. The Balaban J connectivity index is 1.44. The first-order chi connectivity index (χ1) is 15.2. The van der Waals surface area contributed by atoms with Gasteiger partial charge in [0.05, 0.1) is 29.0 Å². The maximum absolute atomic E-state index is 12.6. The number of halogens is 1. The Morgan fingerprint density at radius 3 is 2.68 bits per heavy atom. The molecule has 0 spiro atoms. The summed E-state index contributed by atoms with van der Waals surface area (Å²) >= 11 is 6.41. The standard InChI is InChI=1S/C23H31ClN6O/c24-19-13-28-21(30-23(31)17-8-5-9-25-12-17)10-18(19)20-14-26-15-22(29-20)27-11-16-6-3-1-2-4-7-16/h10,13-17,25H,1-9,11-12H2,(H,27,29)(H,28,30,31)/t17-/m1/s1. The molecule has 166 valence electrons. The van der Waals surface area contributed by atoms with E-state index in [1.54, 1.807) is 24.7 Å². The van der Waals surface area contributed by atoms with Crippen LogP contribution in [0.5, 0.6) is 0 Å².